The highest BCUT2D eigenvalue weighted by Crippen LogP contribution is 2.22. The van der Waals surface area contributed by atoms with Crippen LogP contribution in [0.15, 0.2) is 47.4 Å². The van der Waals surface area contributed by atoms with Crippen LogP contribution in [0, 0.1) is 12.7 Å². The Bertz CT molecular complexity index is 723. The molecule has 1 unspecified atom stereocenters. The monoisotopic (exact) mass is 308 g/mol. The highest BCUT2D eigenvalue weighted by atomic mass is 32.2. The van der Waals surface area contributed by atoms with Gasteiger partial charge < -0.3 is 5.73 Å². The van der Waals surface area contributed by atoms with E-state index >= 15 is 0 Å². The van der Waals surface area contributed by atoms with Gasteiger partial charge in [0, 0.05) is 17.3 Å². The molecular formula is C15H17FN2O2S. The van der Waals surface area contributed by atoms with Gasteiger partial charge in [-0.15, -0.1) is 0 Å². The molecule has 0 aliphatic rings. The Morgan fingerprint density at radius 3 is 2.38 bits per heavy atom. The quantitative estimate of drug-likeness (QED) is 0.853. The summed E-state index contributed by atoms with van der Waals surface area (Å²) in [4.78, 5) is -0.175. The molecule has 0 bridgehead atoms. The van der Waals surface area contributed by atoms with Crippen molar-refractivity contribution in [3.05, 3.63) is 59.4 Å². The summed E-state index contributed by atoms with van der Waals surface area (Å²) < 4.78 is 40.8. The predicted molar refractivity (Wildman–Crippen MR) is 80.7 cm³/mol. The van der Waals surface area contributed by atoms with Crippen molar-refractivity contribution < 1.29 is 12.8 Å². The van der Waals surface area contributed by atoms with Crippen molar-refractivity contribution in [1.82, 2.24) is 4.72 Å². The van der Waals surface area contributed by atoms with Crippen LogP contribution in [0.3, 0.4) is 0 Å². The molecule has 6 heteroatoms. The molecule has 0 heterocycles. The van der Waals surface area contributed by atoms with Gasteiger partial charge in [0.2, 0.25) is 10.0 Å². The Morgan fingerprint density at radius 2 is 1.81 bits per heavy atom. The third kappa shape index (κ3) is 3.40. The van der Waals surface area contributed by atoms with Crippen LogP contribution in [0.5, 0.6) is 0 Å². The van der Waals surface area contributed by atoms with Crippen LogP contribution in [0.4, 0.5) is 10.1 Å². The Hall–Kier alpha value is -1.92. The molecule has 2 aromatic rings. The smallest absolute Gasteiger partial charge is 0.241 e. The molecule has 0 spiro atoms. The summed E-state index contributed by atoms with van der Waals surface area (Å²) in [6.07, 6.45) is 0. The maximum atomic E-state index is 13.7. The minimum atomic E-state index is -3.84. The number of anilines is 1. The Morgan fingerprint density at radius 1 is 1.19 bits per heavy atom. The van der Waals surface area contributed by atoms with Gasteiger partial charge in [0.1, 0.15) is 5.82 Å². The maximum Gasteiger partial charge on any atom is 0.241 e. The number of benzene rings is 2. The molecule has 0 aliphatic carbocycles. The van der Waals surface area contributed by atoms with Gasteiger partial charge in [0.15, 0.2) is 0 Å². The molecular weight excluding hydrogens is 291 g/mol. The van der Waals surface area contributed by atoms with Gasteiger partial charge in [-0.05, 0) is 31.5 Å². The number of hydrogen-bond donors (Lipinski definition) is 2. The van der Waals surface area contributed by atoms with Crippen LogP contribution in [0.1, 0.15) is 24.1 Å². The van der Waals surface area contributed by atoms with E-state index in [1.165, 1.54) is 13.0 Å². The van der Waals surface area contributed by atoms with Crippen molar-refractivity contribution in [3.63, 3.8) is 0 Å². The van der Waals surface area contributed by atoms with Crippen LogP contribution in [-0.2, 0) is 10.0 Å². The fourth-order valence-corrected chi connectivity index (χ4v) is 3.22. The summed E-state index contributed by atoms with van der Waals surface area (Å²) in [5, 5.41) is 0. The lowest BCUT2D eigenvalue weighted by molar-refractivity contribution is 0.563. The molecule has 1 atom stereocenters. The van der Waals surface area contributed by atoms with Gasteiger partial charge in [0.05, 0.1) is 4.90 Å². The van der Waals surface area contributed by atoms with Gasteiger partial charge in [-0.2, -0.15) is 0 Å². The van der Waals surface area contributed by atoms with E-state index in [-0.39, 0.29) is 16.1 Å². The number of sulfonamides is 1. The predicted octanol–water partition coefficient (Wildman–Crippen LogP) is 2.76. The lowest BCUT2D eigenvalue weighted by Crippen LogP contribution is -2.27. The van der Waals surface area contributed by atoms with Crippen molar-refractivity contribution in [3.8, 4) is 0 Å². The van der Waals surface area contributed by atoms with Crippen molar-refractivity contribution in [2.24, 2.45) is 0 Å². The molecule has 2 aromatic carbocycles. The first-order valence-electron chi connectivity index (χ1n) is 6.44. The van der Waals surface area contributed by atoms with E-state index in [4.69, 9.17) is 5.73 Å². The zero-order valence-corrected chi connectivity index (χ0v) is 12.6. The molecule has 21 heavy (non-hydrogen) atoms. The summed E-state index contributed by atoms with van der Waals surface area (Å²) in [6.45, 7) is 3.22. The van der Waals surface area contributed by atoms with Gasteiger partial charge in [-0.1, -0.05) is 30.3 Å². The normalized spacial score (nSPS) is 13.1. The number of hydrogen-bond acceptors (Lipinski definition) is 3. The second-order valence-corrected chi connectivity index (χ2v) is 6.59. The van der Waals surface area contributed by atoms with Crippen molar-refractivity contribution in [2.45, 2.75) is 24.8 Å². The lowest BCUT2D eigenvalue weighted by atomic mass is 10.1. The molecule has 112 valence electrons. The van der Waals surface area contributed by atoms with Crippen LogP contribution in [-0.4, -0.2) is 8.42 Å². The molecule has 0 aromatic heterocycles. The van der Waals surface area contributed by atoms with Crippen LogP contribution in [0.2, 0.25) is 0 Å². The Labute approximate surface area is 123 Å². The number of rotatable bonds is 4. The van der Waals surface area contributed by atoms with Crippen molar-refractivity contribution >= 4 is 15.7 Å². The van der Waals surface area contributed by atoms with Gasteiger partial charge in [-0.3, -0.25) is 0 Å². The average molecular weight is 308 g/mol. The van der Waals surface area contributed by atoms with Crippen molar-refractivity contribution in [2.75, 3.05) is 5.73 Å². The standard InChI is InChI=1S/C15H17FN2O2S/c1-10-14(16)8-13(9-15(10)17)21(19,20)18-11(2)12-6-4-3-5-7-12/h3-9,11,18H,17H2,1-2H3. The third-order valence-electron chi connectivity index (χ3n) is 3.30. The van der Waals surface area contributed by atoms with Crippen LogP contribution < -0.4 is 10.5 Å². The maximum absolute atomic E-state index is 13.7. The second-order valence-electron chi connectivity index (χ2n) is 4.87. The van der Waals surface area contributed by atoms with E-state index in [1.807, 2.05) is 30.3 Å². The molecule has 2 rings (SSSR count). The van der Waals surface area contributed by atoms with E-state index in [9.17, 15) is 12.8 Å². The minimum Gasteiger partial charge on any atom is -0.398 e. The summed E-state index contributed by atoms with van der Waals surface area (Å²) >= 11 is 0. The first-order valence-corrected chi connectivity index (χ1v) is 7.92. The highest BCUT2D eigenvalue weighted by molar-refractivity contribution is 7.89. The molecule has 3 N–H and O–H groups in total. The van der Waals surface area contributed by atoms with Crippen LogP contribution in [0.25, 0.3) is 0 Å². The molecule has 0 saturated heterocycles. The third-order valence-corrected chi connectivity index (χ3v) is 4.82. The summed E-state index contributed by atoms with van der Waals surface area (Å²) in [7, 11) is -3.84. The van der Waals surface area contributed by atoms with Gasteiger partial charge >= 0.3 is 0 Å². The fourth-order valence-electron chi connectivity index (χ4n) is 1.94. The minimum absolute atomic E-state index is 0.114. The zero-order valence-electron chi connectivity index (χ0n) is 11.8. The average Bonchev–Trinajstić information content (AvgIpc) is 2.44. The molecule has 0 amide bonds. The zero-order chi connectivity index (χ0) is 15.6. The Kier molecular flexibility index (Phi) is 4.29. The molecule has 0 fully saturated rings. The lowest BCUT2D eigenvalue weighted by Gasteiger charge is -2.15. The first kappa shape index (κ1) is 15.5. The van der Waals surface area contributed by atoms with Gasteiger partial charge in [-0.25, -0.2) is 17.5 Å². The number of nitrogens with one attached hydrogen (secondary N) is 1. The van der Waals surface area contributed by atoms with Gasteiger partial charge in [0.25, 0.3) is 0 Å². The number of halogens is 1. The second kappa shape index (κ2) is 5.83. The van der Waals surface area contributed by atoms with E-state index in [0.29, 0.717) is 0 Å². The van der Waals surface area contributed by atoms with E-state index in [0.717, 1.165) is 11.6 Å². The summed E-state index contributed by atoms with van der Waals surface area (Å²) in [5.41, 5.74) is 6.80. The molecule has 0 aliphatic heterocycles. The summed E-state index contributed by atoms with van der Waals surface area (Å²) in [5.74, 6) is -0.636. The topological polar surface area (TPSA) is 72.2 Å². The van der Waals surface area contributed by atoms with E-state index in [1.54, 1.807) is 6.92 Å². The molecule has 0 saturated carbocycles. The molecule has 0 radical (unpaired) electrons. The van der Waals surface area contributed by atoms with Crippen molar-refractivity contribution in [1.29, 1.82) is 0 Å². The number of nitrogen functional groups attached to an aromatic ring is 1. The van der Waals surface area contributed by atoms with Crippen LogP contribution >= 0.6 is 0 Å². The van der Waals surface area contributed by atoms with E-state index < -0.39 is 21.9 Å². The first-order chi connectivity index (χ1) is 9.81. The Balaban J connectivity index is 2.31. The summed E-state index contributed by atoms with van der Waals surface area (Å²) in [6, 6.07) is 10.9. The molecule has 4 nitrogen and oxygen atoms in total. The van der Waals surface area contributed by atoms with E-state index in [2.05, 4.69) is 4.72 Å². The fraction of sp³-hybridized carbons (Fsp3) is 0.200. The highest BCUT2D eigenvalue weighted by Gasteiger charge is 2.20. The number of nitrogens with two attached hydrogens (primary N) is 1. The largest absolute Gasteiger partial charge is 0.398 e. The SMILES string of the molecule is Cc1c(N)cc(S(=O)(=O)NC(C)c2ccccc2)cc1F.